The van der Waals surface area contributed by atoms with E-state index >= 15 is 0 Å². The van der Waals surface area contributed by atoms with Crippen LogP contribution in [0.1, 0.15) is 78.1 Å². The van der Waals surface area contributed by atoms with E-state index in [0.29, 0.717) is 6.61 Å². The van der Waals surface area contributed by atoms with Crippen LogP contribution in [0.15, 0.2) is 0 Å². The molecule has 0 amide bonds. The highest BCUT2D eigenvalue weighted by atomic mass is 16.6. The third-order valence-corrected chi connectivity index (χ3v) is 4.08. The minimum atomic E-state index is -0.586. The molecule has 0 saturated carbocycles. The molecule has 0 aromatic carbocycles. The van der Waals surface area contributed by atoms with Crippen LogP contribution in [-0.2, 0) is 9.47 Å². The van der Waals surface area contributed by atoms with E-state index < -0.39 is 6.29 Å². The zero-order valence-electron chi connectivity index (χ0n) is 13.5. The van der Waals surface area contributed by atoms with Crippen LogP contribution in [0.25, 0.3) is 0 Å². The lowest BCUT2D eigenvalue weighted by Gasteiger charge is -2.38. The van der Waals surface area contributed by atoms with Crippen LogP contribution < -0.4 is 0 Å². The Kier molecular flexibility index (Phi) is 9.49. The fraction of sp³-hybridized carbons (Fsp3) is 1.00. The van der Waals surface area contributed by atoms with Crippen LogP contribution in [0, 0.1) is 5.41 Å². The lowest BCUT2D eigenvalue weighted by atomic mass is 9.90. The topological polar surface area (TPSA) is 38.7 Å². The van der Waals surface area contributed by atoms with Gasteiger partial charge in [-0.2, -0.15) is 0 Å². The largest absolute Gasteiger partial charge is 0.380 e. The van der Waals surface area contributed by atoms with E-state index in [1.165, 1.54) is 51.4 Å². The van der Waals surface area contributed by atoms with E-state index in [2.05, 4.69) is 13.8 Å². The van der Waals surface area contributed by atoms with Gasteiger partial charge in [-0.05, 0) is 12.8 Å². The minimum Gasteiger partial charge on any atom is -0.380 e. The lowest BCUT2D eigenvalue weighted by Crippen LogP contribution is -2.44. The standard InChI is InChI=1S/C17H34O3/c1-3-4-5-6-7-8-9-10-11-12-16(18)20-15-17(2)13-19-14-17/h16,18H,3-15H2,1-2H3. The molecule has 1 unspecified atom stereocenters. The second-order valence-electron chi connectivity index (χ2n) is 6.69. The summed E-state index contributed by atoms with van der Waals surface area (Å²) < 4.78 is 10.7. The molecule has 0 radical (unpaired) electrons. The maximum absolute atomic E-state index is 9.77. The normalized spacial score (nSPS) is 18.8. The Morgan fingerprint density at radius 2 is 1.55 bits per heavy atom. The Morgan fingerprint density at radius 3 is 2.05 bits per heavy atom. The van der Waals surface area contributed by atoms with Crippen molar-refractivity contribution >= 4 is 0 Å². The van der Waals surface area contributed by atoms with Gasteiger partial charge in [-0.3, -0.25) is 0 Å². The Morgan fingerprint density at radius 1 is 1.00 bits per heavy atom. The van der Waals surface area contributed by atoms with Crippen molar-refractivity contribution in [2.24, 2.45) is 5.41 Å². The van der Waals surface area contributed by atoms with Crippen molar-refractivity contribution in [3.63, 3.8) is 0 Å². The number of hydrogen-bond donors (Lipinski definition) is 1. The van der Waals surface area contributed by atoms with Gasteiger partial charge in [0, 0.05) is 5.41 Å². The first-order chi connectivity index (χ1) is 9.66. The number of unbranched alkanes of at least 4 members (excludes halogenated alkanes) is 8. The van der Waals surface area contributed by atoms with Gasteiger partial charge in [-0.25, -0.2) is 0 Å². The molecule has 120 valence electrons. The lowest BCUT2D eigenvalue weighted by molar-refractivity contribution is -0.186. The highest BCUT2D eigenvalue weighted by Crippen LogP contribution is 2.27. The summed E-state index contributed by atoms with van der Waals surface area (Å²) >= 11 is 0. The molecule has 0 aromatic heterocycles. The highest BCUT2D eigenvalue weighted by molar-refractivity contribution is 4.80. The number of aliphatic hydroxyl groups excluding tert-OH is 1. The van der Waals surface area contributed by atoms with Crippen LogP contribution in [-0.4, -0.2) is 31.2 Å². The van der Waals surface area contributed by atoms with Crippen LogP contribution in [0.4, 0.5) is 0 Å². The Balaban J connectivity index is 1.81. The van der Waals surface area contributed by atoms with Gasteiger partial charge in [0.2, 0.25) is 0 Å². The predicted molar refractivity (Wildman–Crippen MR) is 82.7 cm³/mol. The molecular weight excluding hydrogens is 252 g/mol. The summed E-state index contributed by atoms with van der Waals surface area (Å²) in [5.74, 6) is 0. The third-order valence-electron chi connectivity index (χ3n) is 4.08. The molecule has 1 rings (SSSR count). The zero-order valence-corrected chi connectivity index (χ0v) is 13.5. The van der Waals surface area contributed by atoms with Gasteiger partial charge in [0.1, 0.15) is 0 Å². The van der Waals surface area contributed by atoms with Crippen molar-refractivity contribution in [1.29, 1.82) is 0 Å². The maximum atomic E-state index is 9.77. The second-order valence-corrected chi connectivity index (χ2v) is 6.69. The van der Waals surface area contributed by atoms with Gasteiger partial charge in [-0.15, -0.1) is 0 Å². The van der Waals surface area contributed by atoms with E-state index in [1.807, 2.05) is 0 Å². The van der Waals surface area contributed by atoms with Crippen molar-refractivity contribution in [3.05, 3.63) is 0 Å². The van der Waals surface area contributed by atoms with Crippen LogP contribution >= 0.6 is 0 Å². The monoisotopic (exact) mass is 286 g/mol. The van der Waals surface area contributed by atoms with E-state index in [4.69, 9.17) is 9.47 Å². The molecule has 0 spiro atoms. The van der Waals surface area contributed by atoms with Crippen molar-refractivity contribution in [2.45, 2.75) is 84.3 Å². The predicted octanol–water partition coefficient (Wildman–Crippen LogP) is 4.28. The molecule has 1 aliphatic heterocycles. The first-order valence-corrected chi connectivity index (χ1v) is 8.54. The summed E-state index contributed by atoms with van der Waals surface area (Å²) in [7, 11) is 0. The molecule has 3 heteroatoms. The van der Waals surface area contributed by atoms with Crippen LogP contribution in [0.3, 0.4) is 0 Å². The molecule has 1 saturated heterocycles. The van der Waals surface area contributed by atoms with Crippen LogP contribution in [0.2, 0.25) is 0 Å². The Labute approximate surface area is 125 Å². The maximum Gasteiger partial charge on any atom is 0.154 e. The molecule has 20 heavy (non-hydrogen) atoms. The molecule has 3 nitrogen and oxygen atoms in total. The van der Waals surface area contributed by atoms with Crippen molar-refractivity contribution in [1.82, 2.24) is 0 Å². The van der Waals surface area contributed by atoms with Gasteiger partial charge >= 0.3 is 0 Å². The summed E-state index contributed by atoms with van der Waals surface area (Å²) in [4.78, 5) is 0. The highest BCUT2D eigenvalue weighted by Gasteiger charge is 2.34. The fourth-order valence-electron chi connectivity index (χ4n) is 2.54. The third kappa shape index (κ3) is 8.23. The van der Waals surface area contributed by atoms with E-state index in [1.54, 1.807) is 0 Å². The average Bonchev–Trinajstić information content (AvgIpc) is 2.41. The van der Waals surface area contributed by atoms with Crippen molar-refractivity contribution < 1.29 is 14.6 Å². The molecule has 1 heterocycles. The summed E-state index contributed by atoms with van der Waals surface area (Å²) in [5, 5.41) is 9.77. The number of ether oxygens (including phenoxy) is 2. The van der Waals surface area contributed by atoms with Gasteiger partial charge in [0.25, 0.3) is 0 Å². The van der Waals surface area contributed by atoms with Crippen molar-refractivity contribution in [3.8, 4) is 0 Å². The average molecular weight is 286 g/mol. The number of rotatable bonds is 13. The van der Waals surface area contributed by atoms with Crippen LogP contribution in [0.5, 0.6) is 0 Å². The molecule has 0 aliphatic carbocycles. The van der Waals surface area contributed by atoms with Gasteiger partial charge in [0.05, 0.1) is 19.8 Å². The zero-order chi connectivity index (χ0) is 14.7. The van der Waals surface area contributed by atoms with Gasteiger partial charge in [-0.1, -0.05) is 65.2 Å². The number of hydrogen-bond acceptors (Lipinski definition) is 3. The van der Waals surface area contributed by atoms with Gasteiger partial charge in [0.15, 0.2) is 6.29 Å². The number of aliphatic hydroxyl groups is 1. The van der Waals surface area contributed by atoms with E-state index in [-0.39, 0.29) is 5.41 Å². The van der Waals surface area contributed by atoms with Crippen molar-refractivity contribution in [2.75, 3.05) is 19.8 Å². The molecular formula is C17H34O3. The Bertz CT molecular complexity index is 226. The molecule has 1 fully saturated rings. The Hall–Kier alpha value is -0.120. The second kappa shape index (κ2) is 10.6. The first kappa shape index (κ1) is 17.9. The molecule has 0 bridgehead atoms. The molecule has 1 atom stereocenters. The summed E-state index contributed by atoms with van der Waals surface area (Å²) in [6.07, 6.45) is 12.0. The molecule has 0 aromatic rings. The van der Waals surface area contributed by atoms with E-state index in [9.17, 15) is 5.11 Å². The summed E-state index contributed by atoms with van der Waals surface area (Å²) in [5.41, 5.74) is 0.138. The van der Waals surface area contributed by atoms with E-state index in [0.717, 1.165) is 26.1 Å². The van der Waals surface area contributed by atoms with Gasteiger partial charge < -0.3 is 14.6 Å². The quantitative estimate of drug-likeness (QED) is 0.406. The fourth-order valence-corrected chi connectivity index (χ4v) is 2.54. The molecule has 1 aliphatic rings. The molecule has 1 N–H and O–H groups in total. The summed E-state index contributed by atoms with van der Waals surface area (Å²) in [6, 6.07) is 0. The first-order valence-electron chi connectivity index (χ1n) is 8.54. The summed E-state index contributed by atoms with van der Waals surface area (Å²) in [6.45, 7) is 6.54. The smallest absolute Gasteiger partial charge is 0.154 e. The SMILES string of the molecule is CCCCCCCCCCCC(O)OCC1(C)COC1. The minimum absolute atomic E-state index is 0.138.